The van der Waals surface area contributed by atoms with Crippen LogP contribution in [-0.4, -0.2) is 54.3 Å². The van der Waals surface area contributed by atoms with Crippen LogP contribution in [0.1, 0.15) is 22.3 Å². The largest absolute Gasteiger partial charge is 0.352 e. The van der Waals surface area contributed by atoms with E-state index in [0.29, 0.717) is 31.6 Å². The summed E-state index contributed by atoms with van der Waals surface area (Å²) in [5.41, 5.74) is 1.84. The molecule has 160 valence electrons. The second kappa shape index (κ2) is 9.94. The zero-order valence-electron chi connectivity index (χ0n) is 17.4. The summed E-state index contributed by atoms with van der Waals surface area (Å²) in [6.07, 6.45) is 0.316. The van der Waals surface area contributed by atoms with E-state index in [2.05, 4.69) is 10.2 Å². The summed E-state index contributed by atoms with van der Waals surface area (Å²) in [7, 11) is 0. The van der Waals surface area contributed by atoms with Crippen LogP contribution in [0, 0.1) is 0 Å². The molecular weight excluding hydrogens is 410 g/mol. The Bertz CT molecular complexity index is 1060. The van der Waals surface area contributed by atoms with E-state index in [0.717, 1.165) is 35.4 Å². The minimum atomic E-state index is -0.147. The number of fused-ring (bicyclic) bond motifs is 1. The van der Waals surface area contributed by atoms with Gasteiger partial charge in [0.2, 0.25) is 5.91 Å². The van der Waals surface area contributed by atoms with Gasteiger partial charge in [0.15, 0.2) is 0 Å². The maximum Gasteiger partial charge on any atom is 0.251 e. The van der Waals surface area contributed by atoms with Crippen LogP contribution in [0.25, 0.3) is 10.8 Å². The number of nitrogens with zero attached hydrogens (tertiary/aromatic N) is 2. The van der Waals surface area contributed by atoms with Crippen molar-refractivity contribution in [3.8, 4) is 0 Å². The Hall–Kier alpha value is -2.89. The van der Waals surface area contributed by atoms with Gasteiger partial charge >= 0.3 is 0 Å². The maximum absolute atomic E-state index is 12.5. The molecule has 0 bridgehead atoms. The minimum Gasteiger partial charge on any atom is -0.352 e. The Morgan fingerprint density at radius 1 is 0.871 bits per heavy atom. The predicted molar refractivity (Wildman–Crippen MR) is 124 cm³/mol. The van der Waals surface area contributed by atoms with E-state index < -0.39 is 0 Å². The number of piperazine rings is 1. The number of hydrogen-bond acceptors (Lipinski definition) is 3. The molecular formula is C25H26ClN3O2. The van der Waals surface area contributed by atoms with Crippen LogP contribution in [-0.2, 0) is 11.3 Å². The molecule has 3 aromatic carbocycles. The highest BCUT2D eigenvalue weighted by Gasteiger charge is 2.21. The molecule has 0 unspecified atom stereocenters. The Kier molecular flexibility index (Phi) is 6.85. The molecule has 1 saturated heterocycles. The summed E-state index contributed by atoms with van der Waals surface area (Å²) in [6.45, 7) is 4.32. The fourth-order valence-electron chi connectivity index (χ4n) is 3.88. The van der Waals surface area contributed by atoms with Gasteiger partial charge in [0.1, 0.15) is 0 Å². The summed E-state index contributed by atoms with van der Waals surface area (Å²) >= 11 is 5.94. The normalized spacial score (nSPS) is 14.5. The zero-order chi connectivity index (χ0) is 21.6. The van der Waals surface area contributed by atoms with Crippen LogP contribution in [0.2, 0.25) is 5.02 Å². The fourth-order valence-corrected chi connectivity index (χ4v) is 4.00. The molecule has 4 rings (SSSR count). The van der Waals surface area contributed by atoms with Crippen molar-refractivity contribution in [2.75, 3.05) is 32.7 Å². The van der Waals surface area contributed by atoms with Crippen molar-refractivity contribution in [3.63, 3.8) is 0 Å². The maximum atomic E-state index is 12.5. The van der Waals surface area contributed by atoms with Gasteiger partial charge in [-0.25, -0.2) is 0 Å². The molecule has 5 nitrogen and oxygen atoms in total. The van der Waals surface area contributed by atoms with Crippen LogP contribution >= 0.6 is 11.6 Å². The molecule has 1 aliphatic rings. The lowest BCUT2D eigenvalue weighted by molar-refractivity contribution is -0.132. The van der Waals surface area contributed by atoms with Crippen LogP contribution < -0.4 is 5.32 Å². The topological polar surface area (TPSA) is 52.7 Å². The smallest absolute Gasteiger partial charge is 0.251 e. The number of nitrogens with one attached hydrogen (secondary N) is 1. The van der Waals surface area contributed by atoms with Crippen LogP contribution in [0.15, 0.2) is 66.7 Å². The van der Waals surface area contributed by atoms with Crippen LogP contribution in [0.3, 0.4) is 0 Å². The molecule has 0 aromatic heterocycles. The molecule has 0 aliphatic carbocycles. The zero-order valence-corrected chi connectivity index (χ0v) is 18.1. The van der Waals surface area contributed by atoms with Gasteiger partial charge in [0.25, 0.3) is 5.91 Å². The number of benzene rings is 3. The van der Waals surface area contributed by atoms with E-state index in [1.54, 1.807) is 0 Å². The van der Waals surface area contributed by atoms with Gasteiger partial charge in [-0.05, 0) is 40.6 Å². The van der Waals surface area contributed by atoms with Crippen LogP contribution in [0.4, 0.5) is 0 Å². The summed E-state index contributed by atoms with van der Waals surface area (Å²) in [5.74, 6) is -0.0590. The van der Waals surface area contributed by atoms with E-state index in [4.69, 9.17) is 11.6 Å². The van der Waals surface area contributed by atoms with E-state index in [1.807, 2.05) is 71.6 Å². The first-order valence-corrected chi connectivity index (χ1v) is 11.0. The Labute approximate surface area is 187 Å². The summed E-state index contributed by atoms with van der Waals surface area (Å²) in [6, 6.07) is 21.5. The minimum absolute atomic E-state index is 0.0879. The third-order valence-electron chi connectivity index (χ3n) is 5.68. The van der Waals surface area contributed by atoms with Crippen molar-refractivity contribution >= 4 is 34.2 Å². The van der Waals surface area contributed by atoms with Gasteiger partial charge in [-0.1, -0.05) is 54.1 Å². The number of hydrogen-bond donors (Lipinski definition) is 1. The van der Waals surface area contributed by atoms with Crippen molar-refractivity contribution in [1.29, 1.82) is 0 Å². The van der Waals surface area contributed by atoms with E-state index >= 15 is 0 Å². The van der Waals surface area contributed by atoms with E-state index in [-0.39, 0.29) is 11.8 Å². The summed E-state index contributed by atoms with van der Waals surface area (Å²) < 4.78 is 0. The van der Waals surface area contributed by atoms with Crippen molar-refractivity contribution in [2.45, 2.75) is 13.0 Å². The van der Waals surface area contributed by atoms with Crippen molar-refractivity contribution in [1.82, 2.24) is 15.1 Å². The number of carbonyl (C=O) groups excluding carboxylic acids is 2. The molecule has 0 spiro atoms. The highest BCUT2D eigenvalue weighted by atomic mass is 35.5. The lowest BCUT2D eigenvalue weighted by Gasteiger charge is -2.34. The molecule has 2 amide bonds. The highest BCUT2D eigenvalue weighted by molar-refractivity contribution is 6.30. The Balaban J connectivity index is 1.20. The molecule has 0 radical (unpaired) electrons. The van der Waals surface area contributed by atoms with Crippen molar-refractivity contribution in [2.24, 2.45) is 0 Å². The number of amides is 2. The van der Waals surface area contributed by atoms with Crippen molar-refractivity contribution in [3.05, 3.63) is 82.9 Å². The third-order valence-corrected chi connectivity index (χ3v) is 5.93. The fraction of sp³-hybridized carbons (Fsp3) is 0.280. The van der Waals surface area contributed by atoms with E-state index in [1.165, 1.54) is 5.56 Å². The van der Waals surface area contributed by atoms with Gasteiger partial charge in [-0.2, -0.15) is 0 Å². The quantitative estimate of drug-likeness (QED) is 0.637. The molecule has 31 heavy (non-hydrogen) atoms. The molecule has 1 fully saturated rings. The molecule has 0 saturated carbocycles. The molecule has 0 atom stereocenters. The lowest BCUT2D eigenvalue weighted by atomic mass is 10.1. The second-order valence-electron chi connectivity index (χ2n) is 7.85. The summed E-state index contributed by atoms with van der Waals surface area (Å²) in [5, 5.41) is 5.75. The highest BCUT2D eigenvalue weighted by Crippen LogP contribution is 2.16. The molecule has 1 N–H and O–H groups in total. The Morgan fingerprint density at radius 3 is 2.32 bits per heavy atom. The predicted octanol–water partition coefficient (Wildman–Crippen LogP) is 3.96. The van der Waals surface area contributed by atoms with Gasteiger partial charge < -0.3 is 10.2 Å². The number of rotatable bonds is 6. The first-order valence-electron chi connectivity index (χ1n) is 10.6. The average molecular weight is 436 g/mol. The molecule has 1 heterocycles. The third kappa shape index (κ3) is 5.63. The molecule has 6 heteroatoms. The van der Waals surface area contributed by atoms with Gasteiger partial charge in [-0.3, -0.25) is 14.5 Å². The average Bonchev–Trinajstić information content (AvgIpc) is 2.80. The van der Waals surface area contributed by atoms with Crippen LogP contribution in [0.5, 0.6) is 0 Å². The van der Waals surface area contributed by atoms with Gasteiger partial charge in [0, 0.05) is 56.3 Å². The molecule has 1 aliphatic heterocycles. The number of carbonyl (C=O) groups is 2. The SMILES string of the molecule is O=C(NCCC(=O)N1CCN(Cc2ccc(Cl)cc2)CC1)c1ccc2ccccc2c1. The summed E-state index contributed by atoms with van der Waals surface area (Å²) in [4.78, 5) is 29.2. The second-order valence-corrected chi connectivity index (χ2v) is 8.29. The Morgan fingerprint density at radius 2 is 1.58 bits per heavy atom. The van der Waals surface area contributed by atoms with Gasteiger partial charge in [0.05, 0.1) is 0 Å². The first kappa shape index (κ1) is 21.3. The lowest BCUT2D eigenvalue weighted by Crippen LogP contribution is -2.48. The first-order chi connectivity index (χ1) is 15.1. The monoisotopic (exact) mass is 435 g/mol. The van der Waals surface area contributed by atoms with Gasteiger partial charge in [-0.15, -0.1) is 0 Å². The standard InChI is InChI=1S/C25H26ClN3O2/c26-23-9-5-19(6-10-23)18-28-13-15-29(16-14-28)24(30)11-12-27-25(31)22-8-7-20-3-1-2-4-21(20)17-22/h1-10,17H,11-16,18H2,(H,27,31). The van der Waals surface area contributed by atoms with E-state index in [9.17, 15) is 9.59 Å². The number of halogens is 1. The molecule has 3 aromatic rings. The van der Waals surface area contributed by atoms with Crippen molar-refractivity contribution < 1.29 is 9.59 Å².